The van der Waals surface area contributed by atoms with Gasteiger partial charge in [0.25, 0.3) is 5.91 Å². The van der Waals surface area contributed by atoms with Gasteiger partial charge in [0.2, 0.25) is 6.79 Å². The third kappa shape index (κ3) is 5.52. The minimum atomic E-state index is -0.215. The molecule has 2 N–H and O–H groups in total. The second-order valence-corrected chi connectivity index (χ2v) is 9.66. The second kappa shape index (κ2) is 10.8. The largest absolute Gasteiger partial charge is 0.489 e. The Balaban J connectivity index is 1.26. The van der Waals surface area contributed by atoms with Gasteiger partial charge in [-0.1, -0.05) is 49.0 Å². The van der Waals surface area contributed by atoms with Crippen molar-refractivity contribution in [3.63, 3.8) is 0 Å². The summed E-state index contributed by atoms with van der Waals surface area (Å²) in [7, 11) is 0. The number of nitrogens with one attached hydrogen (secondary N) is 2. The average Bonchev–Trinajstić information content (AvgIpc) is 3.50. The smallest absolute Gasteiger partial charge is 0.260 e. The number of fused-ring (bicyclic) bond motifs is 1. The van der Waals surface area contributed by atoms with E-state index in [0.717, 1.165) is 46.0 Å². The monoisotopic (exact) mass is 500 g/mol. The molecule has 0 radical (unpaired) electrons. The minimum Gasteiger partial charge on any atom is -0.489 e. The van der Waals surface area contributed by atoms with E-state index in [9.17, 15) is 4.79 Å². The summed E-state index contributed by atoms with van der Waals surface area (Å²) in [5, 5.41) is 6.36. The maximum absolute atomic E-state index is 12.6. The fraction of sp³-hybridized carbons (Fsp3) is 0.207. The SMILES string of the molecule is C=CCc1cc(/C=C2\S[C@H](Nc3ccc(CC)cc3)NC2=O)ccc1OCc1ccc2c(c1)OCO2. The van der Waals surface area contributed by atoms with Crippen LogP contribution >= 0.6 is 11.8 Å². The molecular weight excluding hydrogens is 472 g/mol. The molecule has 1 fully saturated rings. The van der Waals surface area contributed by atoms with Crippen molar-refractivity contribution >= 4 is 29.4 Å². The molecule has 0 aromatic heterocycles. The summed E-state index contributed by atoms with van der Waals surface area (Å²) in [4.78, 5) is 13.3. The molecular formula is C29H28N2O4S. The number of carbonyl (C=O) groups excluding carboxylic acids is 1. The fourth-order valence-corrected chi connectivity index (χ4v) is 5.03. The number of anilines is 1. The van der Waals surface area contributed by atoms with Crippen molar-refractivity contribution in [2.75, 3.05) is 12.1 Å². The summed E-state index contributed by atoms with van der Waals surface area (Å²) in [5.74, 6) is 2.19. The first-order valence-electron chi connectivity index (χ1n) is 11.9. The molecule has 1 atom stereocenters. The molecule has 36 heavy (non-hydrogen) atoms. The van der Waals surface area contributed by atoms with Gasteiger partial charge < -0.3 is 24.8 Å². The molecule has 184 valence electrons. The van der Waals surface area contributed by atoms with Crippen LogP contribution in [0.5, 0.6) is 17.2 Å². The quantitative estimate of drug-likeness (QED) is 0.282. The molecule has 0 spiro atoms. The highest BCUT2D eigenvalue weighted by molar-refractivity contribution is 8.05. The number of ether oxygens (including phenoxy) is 3. The summed E-state index contributed by atoms with van der Waals surface area (Å²) in [6.07, 6.45) is 5.42. The molecule has 0 unspecified atom stereocenters. The molecule has 0 aliphatic carbocycles. The van der Waals surface area contributed by atoms with Gasteiger partial charge in [-0.15, -0.1) is 6.58 Å². The molecule has 6 nitrogen and oxygen atoms in total. The number of rotatable bonds is 9. The van der Waals surface area contributed by atoms with Crippen LogP contribution in [0.25, 0.3) is 6.08 Å². The Labute approximate surface area is 215 Å². The van der Waals surface area contributed by atoms with Crippen LogP contribution in [0.15, 0.2) is 78.2 Å². The third-order valence-corrected chi connectivity index (χ3v) is 7.00. The highest BCUT2D eigenvalue weighted by Gasteiger charge is 2.27. The van der Waals surface area contributed by atoms with Crippen molar-refractivity contribution in [2.24, 2.45) is 0 Å². The lowest BCUT2D eigenvalue weighted by atomic mass is 10.1. The number of hydrogen-bond acceptors (Lipinski definition) is 6. The zero-order valence-corrected chi connectivity index (χ0v) is 20.9. The van der Waals surface area contributed by atoms with E-state index >= 15 is 0 Å². The van der Waals surface area contributed by atoms with E-state index in [0.29, 0.717) is 17.9 Å². The van der Waals surface area contributed by atoms with Crippen LogP contribution in [0.2, 0.25) is 0 Å². The van der Waals surface area contributed by atoms with Gasteiger partial charge in [-0.2, -0.15) is 0 Å². The first-order chi connectivity index (χ1) is 17.6. The van der Waals surface area contributed by atoms with Crippen LogP contribution < -0.4 is 24.8 Å². The van der Waals surface area contributed by atoms with E-state index < -0.39 is 0 Å². The second-order valence-electron chi connectivity index (χ2n) is 8.51. The Hall–Kier alpha value is -3.84. The summed E-state index contributed by atoms with van der Waals surface area (Å²) >= 11 is 1.47. The highest BCUT2D eigenvalue weighted by atomic mass is 32.2. The van der Waals surface area contributed by atoms with E-state index in [-0.39, 0.29) is 18.2 Å². The summed E-state index contributed by atoms with van der Waals surface area (Å²) < 4.78 is 17.0. The number of allylic oxidation sites excluding steroid dienone is 1. The minimum absolute atomic E-state index is 0.0870. The molecule has 1 saturated heterocycles. The van der Waals surface area contributed by atoms with Gasteiger partial charge in [0.15, 0.2) is 17.0 Å². The molecule has 0 bridgehead atoms. The lowest BCUT2D eigenvalue weighted by Crippen LogP contribution is -2.30. The van der Waals surface area contributed by atoms with Crippen molar-refractivity contribution in [1.29, 1.82) is 0 Å². The lowest BCUT2D eigenvalue weighted by molar-refractivity contribution is -0.116. The molecule has 1 amide bonds. The van der Waals surface area contributed by atoms with Crippen LogP contribution in [0.1, 0.15) is 29.2 Å². The average molecular weight is 501 g/mol. The number of aryl methyl sites for hydroxylation is 1. The molecule has 2 aliphatic rings. The highest BCUT2D eigenvalue weighted by Crippen LogP contribution is 2.34. The van der Waals surface area contributed by atoms with Crippen LogP contribution in [0, 0.1) is 0 Å². The van der Waals surface area contributed by atoms with E-state index in [2.05, 4.69) is 36.3 Å². The molecule has 0 saturated carbocycles. The maximum atomic E-state index is 12.6. The Bertz CT molecular complexity index is 1300. The Morgan fingerprint density at radius 1 is 1.08 bits per heavy atom. The van der Waals surface area contributed by atoms with Crippen molar-refractivity contribution in [3.8, 4) is 17.2 Å². The lowest BCUT2D eigenvalue weighted by Gasteiger charge is -2.13. The summed E-state index contributed by atoms with van der Waals surface area (Å²) in [6, 6.07) is 20.0. The molecule has 7 heteroatoms. The fourth-order valence-electron chi connectivity index (χ4n) is 4.04. The van der Waals surface area contributed by atoms with E-state index in [1.54, 1.807) is 0 Å². The van der Waals surface area contributed by atoms with Gasteiger partial charge in [-0.05, 0) is 77.6 Å². The summed E-state index contributed by atoms with van der Waals surface area (Å²) in [6.45, 7) is 6.67. The van der Waals surface area contributed by atoms with Crippen molar-refractivity contribution in [2.45, 2.75) is 31.9 Å². The van der Waals surface area contributed by atoms with E-state index in [4.69, 9.17) is 14.2 Å². The van der Waals surface area contributed by atoms with Gasteiger partial charge in [0, 0.05) is 5.69 Å². The molecule has 2 heterocycles. The first-order valence-corrected chi connectivity index (χ1v) is 12.8. The van der Waals surface area contributed by atoms with Crippen molar-refractivity contribution in [3.05, 3.63) is 100 Å². The Morgan fingerprint density at radius 3 is 2.69 bits per heavy atom. The third-order valence-electron chi connectivity index (χ3n) is 5.97. The normalized spacial score (nSPS) is 17.2. The Kier molecular flexibility index (Phi) is 7.18. The van der Waals surface area contributed by atoms with Gasteiger partial charge in [0.1, 0.15) is 12.4 Å². The van der Waals surface area contributed by atoms with Crippen LogP contribution in [-0.4, -0.2) is 18.2 Å². The van der Waals surface area contributed by atoms with Crippen LogP contribution in [0.3, 0.4) is 0 Å². The van der Waals surface area contributed by atoms with Gasteiger partial charge in [-0.25, -0.2) is 0 Å². The van der Waals surface area contributed by atoms with Crippen LogP contribution in [0.4, 0.5) is 5.69 Å². The molecule has 5 rings (SSSR count). The molecule has 3 aromatic carbocycles. The van der Waals surface area contributed by atoms with Crippen molar-refractivity contribution in [1.82, 2.24) is 5.32 Å². The van der Waals surface area contributed by atoms with Crippen LogP contribution in [-0.2, 0) is 24.2 Å². The maximum Gasteiger partial charge on any atom is 0.260 e. The standard InChI is InChI=1S/C29H28N2O4S/c1-3-5-22-14-20(8-12-24(22)33-17-21-9-13-25-26(15-21)35-18-34-25)16-27-28(32)31-29(36-27)30-23-10-6-19(4-2)7-11-23/h3,6-16,29-30H,1,4-5,17-18H2,2H3,(H,31,32)/b27-16-/t29-/m1/s1. The Morgan fingerprint density at radius 2 is 1.89 bits per heavy atom. The van der Waals surface area contributed by atoms with E-state index in [1.165, 1.54) is 17.3 Å². The predicted octanol–water partition coefficient (Wildman–Crippen LogP) is 5.88. The molecule has 3 aromatic rings. The van der Waals surface area contributed by atoms with E-state index in [1.807, 2.05) is 60.7 Å². The topological polar surface area (TPSA) is 68.8 Å². The summed E-state index contributed by atoms with van der Waals surface area (Å²) in [5.41, 5.74) is 4.98. The zero-order valence-electron chi connectivity index (χ0n) is 20.1. The van der Waals surface area contributed by atoms with Crippen molar-refractivity contribution < 1.29 is 19.0 Å². The number of amides is 1. The number of thioether (sulfide) groups is 1. The number of benzene rings is 3. The van der Waals surface area contributed by atoms with Gasteiger partial charge >= 0.3 is 0 Å². The molecule has 2 aliphatic heterocycles. The number of carbonyl (C=O) groups is 1. The van der Waals surface area contributed by atoms with Gasteiger partial charge in [0.05, 0.1) is 4.91 Å². The predicted molar refractivity (Wildman–Crippen MR) is 144 cm³/mol. The van der Waals surface area contributed by atoms with Gasteiger partial charge in [-0.3, -0.25) is 4.79 Å². The first kappa shape index (κ1) is 23.9. The number of hydrogen-bond donors (Lipinski definition) is 2. The zero-order chi connectivity index (χ0) is 24.9.